The second-order valence-corrected chi connectivity index (χ2v) is 13.6. The molecule has 3 fully saturated rings. The zero-order valence-corrected chi connectivity index (χ0v) is 31.2. The van der Waals surface area contributed by atoms with Gasteiger partial charge in [0, 0.05) is 6.08 Å². The van der Waals surface area contributed by atoms with Crippen molar-refractivity contribution in [2.75, 3.05) is 34.0 Å². The maximum Gasteiger partial charge on any atom is 0.331 e. The first-order valence-corrected chi connectivity index (χ1v) is 18.0. The summed E-state index contributed by atoms with van der Waals surface area (Å²) < 4.78 is 50.9. The molecule has 10 N–H and O–H groups in total. The molecule has 2 aromatic carbocycles. The molecule has 0 unspecified atom stereocenters. The fourth-order valence-corrected chi connectivity index (χ4v) is 6.45. The molecule has 0 radical (unpaired) electrons. The van der Waals surface area contributed by atoms with Crippen molar-refractivity contribution in [3.05, 3.63) is 53.6 Å². The van der Waals surface area contributed by atoms with E-state index in [9.17, 15) is 55.9 Å². The van der Waals surface area contributed by atoms with Crippen molar-refractivity contribution in [1.29, 1.82) is 0 Å². The van der Waals surface area contributed by atoms with E-state index in [4.69, 9.17) is 42.6 Å². The predicted molar refractivity (Wildman–Crippen MR) is 190 cm³/mol. The van der Waals surface area contributed by atoms with Crippen LogP contribution in [0.5, 0.6) is 23.0 Å². The van der Waals surface area contributed by atoms with Crippen LogP contribution in [0.3, 0.4) is 0 Å². The zero-order chi connectivity index (χ0) is 41.6. The second-order valence-electron chi connectivity index (χ2n) is 13.6. The molecule has 5 rings (SSSR count). The summed E-state index contributed by atoms with van der Waals surface area (Å²) in [5.41, 5.74) is 1.08. The molecule has 3 saturated heterocycles. The van der Waals surface area contributed by atoms with Gasteiger partial charge in [-0.2, -0.15) is 0 Å². The number of carbonyl (C=O) groups excluding carboxylic acids is 1. The molecular weight excluding hydrogens is 764 g/mol. The average molecular weight is 815 g/mol. The number of benzene rings is 2. The summed E-state index contributed by atoms with van der Waals surface area (Å²) in [5, 5.41) is 104. The number of phenols is 2. The van der Waals surface area contributed by atoms with Crippen molar-refractivity contribution in [1.82, 2.24) is 0 Å². The summed E-state index contributed by atoms with van der Waals surface area (Å²) in [7, 11) is 2.72. The summed E-state index contributed by atoms with van der Waals surface area (Å²) in [5.74, 6) is -0.935. The molecule has 0 spiro atoms. The fraction of sp³-hybridized carbons (Fsp3) is 0.595. The number of hydrogen-bond acceptors (Lipinski definition) is 20. The van der Waals surface area contributed by atoms with Crippen LogP contribution in [-0.2, 0) is 44.4 Å². The Balaban J connectivity index is 1.44. The maximum absolute atomic E-state index is 13.4. The van der Waals surface area contributed by atoms with Crippen LogP contribution in [0, 0.1) is 0 Å². The Morgan fingerprint density at radius 3 is 2.00 bits per heavy atom. The number of carbonyl (C=O) groups is 1. The minimum absolute atomic E-state index is 0.0901. The minimum atomic E-state index is -1.86. The fourth-order valence-electron chi connectivity index (χ4n) is 6.45. The Hall–Kier alpha value is -3.71. The number of rotatable bonds is 15. The first kappa shape index (κ1) is 44.4. The van der Waals surface area contributed by atoms with E-state index in [1.54, 1.807) is 12.1 Å². The Morgan fingerprint density at radius 1 is 0.702 bits per heavy atom. The molecular formula is C37H50O20. The van der Waals surface area contributed by atoms with E-state index in [-0.39, 0.29) is 36.0 Å². The highest BCUT2D eigenvalue weighted by atomic mass is 16.8. The average Bonchev–Trinajstić information content (AvgIpc) is 3.20. The van der Waals surface area contributed by atoms with Crippen LogP contribution in [0.4, 0.5) is 0 Å². The third-order valence-corrected chi connectivity index (χ3v) is 9.77. The molecule has 0 aromatic heterocycles. The van der Waals surface area contributed by atoms with E-state index >= 15 is 0 Å². The number of hydrogen-bond donors (Lipinski definition) is 10. The molecule has 57 heavy (non-hydrogen) atoms. The number of ether oxygens (including phenoxy) is 9. The normalized spacial score (nSPS) is 35.9. The summed E-state index contributed by atoms with van der Waals surface area (Å²) >= 11 is 0. The van der Waals surface area contributed by atoms with Crippen LogP contribution in [0.25, 0.3) is 6.08 Å². The lowest BCUT2D eigenvalue weighted by Crippen LogP contribution is -2.65. The molecule has 0 saturated carbocycles. The molecule has 3 aliphatic heterocycles. The van der Waals surface area contributed by atoms with Crippen molar-refractivity contribution in [2.24, 2.45) is 0 Å². The van der Waals surface area contributed by atoms with E-state index in [0.717, 1.165) is 6.08 Å². The number of aliphatic hydroxyl groups excluding tert-OH is 8. The van der Waals surface area contributed by atoms with Gasteiger partial charge in [0.15, 0.2) is 48.0 Å². The predicted octanol–water partition coefficient (Wildman–Crippen LogP) is -2.59. The van der Waals surface area contributed by atoms with E-state index in [1.807, 2.05) is 0 Å². The third kappa shape index (κ3) is 10.5. The van der Waals surface area contributed by atoms with Gasteiger partial charge in [-0.05, 0) is 54.8 Å². The van der Waals surface area contributed by atoms with E-state index in [0.29, 0.717) is 11.1 Å². The van der Waals surface area contributed by atoms with Gasteiger partial charge in [0.05, 0.1) is 40.1 Å². The first-order chi connectivity index (χ1) is 27.2. The quantitative estimate of drug-likeness (QED) is 0.0652. The second kappa shape index (κ2) is 19.8. The van der Waals surface area contributed by atoms with Gasteiger partial charge in [-0.3, -0.25) is 0 Å². The van der Waals surface area contributed by atoms with Crippen LogP contribution in [0.1, 0.15) is 18.1 Å². The van der Waals surface area contributed by atoms with Crippen molar-refractivity contribution in [3.8, 4) is 23.0 Å². The van der Waals surface area contributed by atoms with Crippen LogP contribution < -0.4 is 9.47 Å². The standard InChI is InChI=1S/C37H50O20/c1-16-26(42)28(44)31(47)37(53-16)57-34-32(48)36(51-11-10-18-5-8-20(40)22(13-18)50-3)55-24(15-52-35-30(46)29(45)27(43)23(14-38)54-35)33(34)56-25(41)9-6-17-4-7-19(39)21(12-17)49-2/h4-9,12-13,16,23-24,26-40,42-48H,10-11,14-15H2,1-3H3/t16-,23+,24+,26-,27-,28+,29-,30+,31+,32+,33+,34+,35+,36+,37-/m0/s1. The van der Waals surface area contributed by atoms with E-state index < -0.39 is 111 Å². The Labute approximate surface area is 326 Å². The highest BCUT2D eigenvalue weighted by molar-refractivity contribution is 5.87. The number of aromatic hydroxyl groups is 2. The lowest BCUT2D eigenvalue weighted by atomic mass is 9.96. The van der Waals surface area contributed by atoms with Gasteiger partial charge in [-0.1, -0.05) is 12.1 Å². The summed E-state index contributed by atoms with van der Waals surface area (Å²) in [4.78, 5) is 13.4. The van der Waals surface area contributed by atoms with Crippen LogP contribution in [-0.4, -0.2) is 183 Å². The van der Waals surface area contributed by atoms with E-state index in [2.05, 4.69) is 0 Å². The molecule has 20 heteroatoms. The van der Waals surface area contributed by atoms with Gasteiger partial charge >= 0.3 is 5.97 Å². The topological polar surface area (TPSA) is 302 Å². The zero-order valence-electron chi connectivity index (χ0n) is 31.2. The Kier molecular flexibility index (Phi) is 15.4. The Bertz CT molecular complexity index is 1640. The van der Waals surface area contributed by atoms with Crippen molar-refractivity contribution in [2.45, 2.75) is 105 Å². The minimum Gasteiger partial charge on any atom is -0.504 e. The van der Waals surface area contributed by atoms with Crippen LogP contribution >= 0.6 is 0 Å². The number of methoxy groups -OCH3 is 2. The third-order valence-electron chi connectivity index (χ3n) is 9.77. The molecule has 20 nitrogen and oxygen atoms in total. The summed E-state index contributed by atoms with van der Waals surface area (Å²) in [6.45, 7) is -0.111. The molecule has 3 heterocycles. The number of aliphatic hydroxyl groups is 8. The molecule has 0 aliphatic carbocycles. The largest absolute Gasteiger partial charge is 0.504 e. The van der Waals surface area contributed by atoms with Gasteiger partial charge in [0.1, 0.15) is 61.0 Å². The first-order valence-electron chi connectivity index (χ1n) is 18.0. The summed E-state index contributed by atoms with van der Waals surface area (Å²) in [6.07, 6.45) is -21.9. The lowest BCUT2D eigenvalue weighted by Gasteiger charge is -2.47. The van der Waals surface area contributed by atoms with E-state index in [1.165, 1.54) is 51.5 Å². The highest BCUT2D eigenvalue weighted by Crippen LogP contribution is 2.33. The molecule has 0 bridgehead atoms. The van der Waals surface area contributed by atoms with Gasteiger partial charge in [0.2, 0.25) is 0 Å². The monoisotopic (exact) mass is 814 g/mol. The van der Waals surface area contributed by atoms with Crippen molar-refractivity contribution in [3.63, 3.8) is 0 Å². The number of phenolic OH excluding ortho intramolecular Hbond substituents is 2. The van der Waals surface area contributed by atoms with Gasteiger partial charge in [-0.15, -0.1) is 0 Å². The highest BCUT2D eigenvalue weighted by Gasteiger charge is 2.53. The molecule has 2 aromatic rings. The lowest BCUT2D eigenvalue weighted by molar-refractivity contribution is -0.364. The molecule has 3 aliphatic rings. The summed E-state index contributed by atoms with van der Waals surface area (Å²) in [6, 6.07) is 8.86. The SMILES string of the molecule is COc1cc(C=CC(=O)O[C@H]2[C@H](O[C@@H]3O[C@@H](C)[C@H](O)[C@@H](O)[C@H]3O)[C@@H](O)[C@H](OCCc3ccc(O)c(OC)c3)O[C@@H]2CO[C@@H]2O[C@H](CO)[C@H](O)[C@H](O)[C@H]2O)ccc1O. The van der Waals surface area contributed by atoms with Crippen molar-refractivity contribution < 1.29 is 98.5 Å². The smallest absolute Gasteiger partial charge is 0.331 e. The van der Waals surface area contributed by atoms with Crippen molar-refractivity contribution >= 4 is 12.0 Å². The van der Waals surface area contributed by atoms with Gasteiger partial charge in [-0.25, -0.2) is 4.79 Å². The number of esters is 1. The maximum atomic E-state index is 13.4. The van der Waals surface area contributed by atoms with Crippen LogP contribution in [0.15, 0.2) is 42.5 Å². The van der Waals surface area contributed by atoms with Gasteiger partial charge < -0.3 is 93.7 Å². The molecule has 0 amide bonds. The molecule has 15 atom stereocenters. The van der Waals surface area contributed by atoms with Crippen LogP contribution in [0.2, 0.25) is 0 Å². The van der Waals surface area contributed by atoms with Gasteiger partial charge in [0.25, 0.3) is 0 Å². The Morgan fingerprint density at radius 2 is 1.32 bits per heavy atom. The molecule has 318 valence electrons.